The van der Waals surface area contributed by atoms with Gasteiger partial charge in [-0.05, 0) is 31.2 Å². The number of benzene rings is 2. The SMILES string of the molecule is CCn1nc(C(=O)Nc2cc(C(F)(F)F)ccc2N2CCOCC2)c2ccccc2c1=O. The third-order valence-corrected chi connectivity index (χ3v) is 5.31. The number of morpholine rings is 1. The Morgan fingerprint density at radius 3 is 2.47 bits per heavy atom. The van der Waals surface area contributed by atoms with Crippen molar-refractivity contribution in [1.29, 1.82) is 0 Å². The van der Waals surface area contributed by atoms with Crippen molar-refractivity contribution >= 4 is 28.1 Å². The van der Waals surface area contributed by atoms with Gasteiger partial charge in [0.25, 0.3) is 11.5 Å². The molecule has 3 aromatic rings. The van der Waals surface area contributed by atoms with Gasteiger partial charge in [-0.15, -0.1) is 0 Å². The molecule has 4 rings (SSSR count). The molecular formula is C22H21F3N4O3. The number of nitrogens with one attached hydrogen (secondary N) is 1. The van der Waals surface area contributed by atoms with Gasteiger partial charge in [-0.2, -0.15) is 18.3 Å². The monoisotopic (exact) mass is 446 g/mol. The topological polar surface area (TPSA) is 76.5 Å². The predicted molar refractivity (Wildman–Crippen MR) is 114 cm³/mol. The van der Waals surface area contributed by atoms with Gasteiger partial charge in [0.1, 0.15) is 0 Å². The summed E-state index contributed by atoms with van der Waals surface area (Å²) < 4.78 is 46.6. The van der Waals surface area contributed by atoms with Gasteiger partial charge in [0.05, 0.1) is 35.5 Å². The number of amides is 1. The van der Waals surface area contributed by atoms with E-state index in [1.54, 1.807) is 31.2 Å². The molecule has 1 aliphatic heterocycles. The van der Waals surface area contributed by atoms with E-state index in [0.717, 1.165) is 16.8 Å². The zero-order valence-corrected chi connectivity index (χ0v) is 17.3. The van der Waals surface area contributed by atoms with Gasteiger partial charge in [0.15, 0.2) is 5.69 Å². The summed E-state index contributed by atoms with van der Waals surface area (Å²) in [6.07, 6.45) is -4.57. The maximum atomic E-state index is 13.4. The first-order valence-electron chi connectivity index (χ1n) is 10.1. The molecule has 0 bridgehead atoms. The van der Waals surface area contributed by atoms with E-state index in [4.69, 9.17) is 4.74 Å². The number of carbonyl (C=O) groups is 1. The van der Waals surface area contributed by atoms with Crippen molar-refractivity contribution in [2.24, 2.45) is 0 Å². The number of nitrogens with zero attached hydrogens (tertiary/aromatic N) is 3. The lowest BCUT2D eigenvalue weighted by Crippen LogP contribution is -2.37. The van der Waals surface area contributed by atoms with Crippen LogP contribution in [0.25, 0.3) is 10.8 Å². The molecule has 7 nitrogen and oxygen atoms in total. The Hall–Kier alpha value is -3.40. The molecule has 0 saturated carbocycles. The van der Waals surface area contributed by atoms with Gasteiger partial charge >= 0.3 is 6.18 Å². The number of hydrogen-bond acceptors (Lipinski definition) is 5. The highest BCUT2D eigenvalue weighted by Gasteiger charge is 2.32. The van der Waals surface area contributed by atoms with Crippen LogP contribution in [0, 0.1) is 0 Å². The Kier molecular flexibility index (Phi) is 5.88. The maximum absolute atomic E-state index is 13.4. The van der Waals surface area contributed by atoms with Crippen molar-refractivity contribution in [2.45, 2.75) is 19.6 Å². The number of fused-ring (bicyclic) bond motifs is 1. The van der Waals surface area contributed by atoms with Crippen LogP contribution in [0.1, 0.15) is 23.0 Å². The van der Waals surface area contributed by atoms with Crippen LogP contribution in [0.4, 0.5) is 24.5 Å². The lowest BCUT2D eigenvalue weighted by atomic mass is 10.1. The minimum Gasteiger partial charge on any atom is -0.378 e. The van der Waals surface area contributed by atoms with E-state index >= 15 is 0 Å². The number of aromatic nitrogens is 2. The van der Waals surface area contributed by atoms with E-state index in [-0.39, 0.29) is 23.5 Å². The number of aryl methyl sites for hydroxylation is 1. The zero-order chi connectivity index (χ0) is 22.9. The fourth-order valence-electron chi connectivity index (χ4n) is 3.69. The molecule has 0 atom stereocenters. The lowest BCUT2D eigenvalue weighted by Gasteiger charge is -2.31. The van der Waals surface area contributed by atoms with Crippen LogP contribution in [0.15, 0.2) is 47.3 Å². The molecule has 0 radical (unpaired) electrons. The van der Waals surface area contributed by atoms with E-state index < -0.39 is 17.6 Å². The van der Waals surface area contributed by atoms with E-state index in [2.05, 4.69) is 10.4 Å². The van der Waals surface area contributed by atoms with E-state index in [9.17, 15) is 22.8 Å². The first-order valence-corrected chi connectivity index (χ1v) is 10.1. The van der Waals surface area contributed by atoms with Gasteiger partial charge in [-0.1, -0.05) is 18.2 Å². The van der Waals surface area contributed by atoms with Gasteiger partial charge in [0.2, 0.25) is 0 Å². The molecule has 168 valence electrons. The number of carbonyl (C=O) groups excluding carboxylic acids is 1. The van der Waals surface area contributed by atoms with E-state index in [0.29, 0.717) is 42.8 Å². The molecule has 0 unspecified atom stereocenters. The van der Waals surface area contributed by atoms with Crippen molar-refractivity contribution < 1.29 is 22.7 Å². The highest BCUT2D eigenvalue weighted by atomic mass is 19.4. The zero-order valence-electron chi connectivity index (χ0n) is 17.3. The van der Waals surface area contributed by atoms with Crippen molar-refractivity contribution in [3.05, 3.63) is 64.1 Å². The molecule has 1 aromatic heterocycles. The second-order valence-corrected chi connectivity index (χ2v) is 7.30. The average molecular weight is 446 g/mol. The summed E-state index contributed by atoms with van der Waals surface area (Å²) in [7, 11) is 0. The highest BCUT2D eigenvalue weighted by Crippen LogP contribution is 2.36. The van der Waals surface area contributed by atoms with Gasteiger partial charge in [0, 0.05) is 25.0 Å². The fourth-order valence-corrected chi connectivity index (χ4v) is 3.69. The number of hydrogen-bond donors (Lipinski definition) is 1. The molecule has 1 saturated heterocycles. The largest absolute Gasteiger partial charge is 0.416 e. The van der Waals surface area contributed by atoms with Crippen LogP contribution in [0.3, 0.4) is 0 Å². The number of ether oxygens (including phenoxy) is 1. The minimum atomic E-state index is -4.57. The summed E-state index contributed by atoms with van der Waals surface area (Å²) >= 11 is 0. The number of rotatable bonds is 4. The lowest BCUT2D eigenvalue weighted by molar-refractivity contribution is -0.137. The fraction of sp³-hybridized carbons (Fsp3) is 0.318. The average Bonchev–Trinajstić information content (AvgIpc) is 2.79. The summed E-state index contributed by atoms with van der Waals surface area (Å²) in [5.41, 5.74) is -0.768. The quantitative estimate of drug-likeness (QED) is 0.664. The minimum absolute atomic E-state index is 0.0202. The molecule has 2 aromatic carbocycles. The highest BCUT2D eigenvalue weighted by molar-refractivity contribution is 6.12. The second-order valence-electron chi connectivity index (χ2n) is 7.30. The Morgan fingerprint density at radius 1 is 1.12 bits per heavy atom. The Labute approximate surface area is 181 Å². The van der Waals surface area contributed by atoms with Crippen molar-refractivity contribution in [3.8, 4) is 0 Å². The number of halogens is 3. The number of alkyl halides is 3. The molecular weight excluding hydrogens is 425 g/mol. The Morgan fingerprint density at radius 2 is 1.81 bits per heavy atom. The standard InChI is InChI=1S/C22H21F3N4O3/c1-2-29-21(31)16-6-4-3-5-15(16)19(27-29)20(30)26-17-13-14(22(23,24)25)7-8-18(17)28-9-11-32-12-10-28/h3-8,13H,2,9-12H2,1H3,(H,26,30). The maximum Gasteiger partial charge on any atom is 0.416 e. The normalized spacial score (nSPS) is 14.6. The first kappa shape index (κ1) is 21.8. The first-order chi connectivity index (χ1) is 15.3. The second kappa shape index (κ2) is 8.62. The van der Waals surface area contributed by atoms with Gasteiger partial charge in [-0.3, -0.25) is 9.59 Å². The molecule has 1 fully saturated rings. The molecule has 0 spiro atoms. The molecule has 1 aliphatic rings. The molecule has 1 amide bonds. The summed E-state index contributed by atoms with van der Waals surface area (Å²) in [5, 5.41) is 7.41. The van der Waals surface area contributed by atoms with Gasteiger partial charge in [-0.25, -0.2) is 4.68 Å². The predicted octanol–water partition coefficient (Wildman–Crippen LogP) is 3.52. The summed E-state index contributed by atoms with van der Waals surface area (Å²) in [6, 6.07) is 9.78. The molecule has 10 heteroatoms. The smallest absolute Gasteiger partial charge is 0.378 e. The van der Waals surface area contributed by atoms with Crippen LogP contribution in [0.5, 0.6) is 0 Å². The Bertz CT molecular complexity index is 1220. The van der Waals surface area contributed by atoms with E-state index in [1.807, 2.05) is 4.90 Å². The summed E-state index contributed by atoms with van der Waals surface area (Å²) in [5.74, 6) is -0.697. The molecule has 2 heterocycles. The van der Waals surface area contributed by atoms with Crippen molar-refractivity contribution in [3.63, 3.8) is 0 Å². The van der Waals surface area contributed by atoms with Crippen LogP contribution in [-0.2, 0) is 17.5 Å². The summed E-state index contributed by atoms with van der Waals surface area (Å²) in [4.78, 5) is 27.6. The molecule has 0 aliphatic carbocycles. The summed E-state index contributed by atoms with van der Waals surface area (Å²) in [6.45, 7) is 3.79. The van der Waals surface area contributed by atoms with Crippen molar-refractivity contribution in [2.75, 3.05) is 36.5 Å². The van der Waals surface area contributed by atoms with Crippen LogP contribution >= 0.6 is 0 Å². The molecule has 1 N–H and O–H groups in total. The third-order valence-electron chi connectivity index (χ3n) is 5.31. The van der Waals surface area contributed by atoms with Crippen LogP contribution in [-0.4, -0.2) is 42.0 Å². The van der Waals surface area contributed by atoms with Gasteiger partial charge < -0.3 is 15.0 Å². The molecule has 32 heavy (non-hydrogen) atoms. The number of anilines is 2. The van der Waals surface area contributed by atoms with Crippen LogP contribution < -0.4 is 15.8 Å². The van der Waals surface area contributed by atoms with Crippen molar-refractivity contribution in [1.82, 2.24) is 9.78 Å². The van der Waals surface area contributed by atoms with E-state index in [1.165, 1.54) is 6.07 Å². The van der Waals surface area contributed by atoms with Crippen LogP contribution in [0.2, 0.25) is 0 Å². The Balaban J connectivity index is 1.79. The third kappa shape index (κ3) is 4.18.